The van der Waals surface area contributed by atoms with E-state index in [-0.39, 0.29) is 11.3 Å². The smallest absolute Gasteiger partial charge is 0.343 e. The molecule has 0 aromatic heterocycles. The van der Waals surface area contributed by atoms with Crippen LogP contribution in [0.5, 0.6) is 5.75 Å². The van der Waals surface area contributed by atoms with Crippen molar-refractivity contribution in [2.45, 2.75) is 0 Å². The van der Waals surface area contributed by atoms with Crippen molar-refractivity contribution in [1.29, 1.82) is 5.26 Å². The number of rotatable bonds is 5. The van der Waals surface area contributed by atoms with Crippen molar-refractivity contribution in [3.05, 3.63) is 106 Å². The third-order valence-corrected chi connectivity index (χ3v) is 4.15. The largest absolute Gasteiger partial charge is 0.422 e. The molecule has 0 aliphatic rings. The first-order valence-electron chi connectivity index (χ1n) is 8.37. The summed E-state index contributed by atoms with van der Waals surface area (Å²) in [5.74, 6) is -0.719. The summed E-state index contributed by atoms with van der Waals surface area (Å²) in [5.41, 5.74) is 1.14. The van der Waals surface area contributed by atoms with E-state index in [9.17, 15) is 14.9 Å². The van der Waals surface area contributed by atoms with Crippen LogP contribution in [-0.4, -0.2) is 11.8 Å². The molecule has 0 unspecified atom stereocenters. The number of nitriles is 1. The number of esters is 1. The number of para-hydroxylation sites is 1. The molecule has 3 rings (SSSR count). The van der Waals surface area contributed by atoms with Crippen LogP contribution in [0.1, 0.15) is 26.3 Å². The van der Waals surface area contributed by atoms with E-state index in [1.807, 2.05) is 6.07 Å². The van der Waals surface area contributed by atoms with Gasteiger partial charge in [0.05, 0.1) is 5.56 Å². The third-order valence-electron chi connectivity index (χ3n) is 3.90. The zero-order chi connectivity index (χ0) is 19.9. The first kappa shape index (κ1) is 19.1. The Hall–Kier alpha value is -3.68. The van der Waals surface area contributed by atoms with E-state index >= 15 is 0 Å². The summed E-state index contributed by atoms with van der Waals surface area (Å²) >= 11 is 5.83. The Morgan fingerprint density at radius 1 is 0.857 bits per heavy atom. The van der Waals surface area contributed by atoms with Gasteiger partial charge in [0.1, 0.15) is 17.4 Å². The molecule has 0 amide bonds. The molecule has 0 aliphatic heterocycles. The molecule has 0 fully saturated rings. The van der Waals surface area contributed by atoms with Crippen molar-refractivity contribution in [3.63, 3.8) is 0 Å². The highest BCUT2D eigenvalue weighted by molar-refractivity contribution is 6.30. The van der Waals surface area contributed by atoms with Crippen LogP contribution < -0.4 is 4.74 Å². The van der Waals surface area contributed by atoms with Crippen molar-refractivity contribution < 1.29 is 14.3 Å². The number of ether oxygens (including phenoxy) is 1. The van der Waals surface area contributed by atoms with Gasteiger partial charge in [-0.2, -0.15) is 5.26 Å². The van der Waals surface area contributed by atoms with E-state index in [1.165, 1.54) is 6.08 Å². The molecule has 3 aromatic carbocycles. The van der Waals surface area contributed by atoms with Gasteiger partial charge in [0.15, 0.2) is 0 Å². The summed E-state index contributed by atoms with van der Waals surface area (Å²) in [6, 6.07) is 23.4. The van der Waals surface area contributed by atoms with E-state index in [2.05, 4.69) is 0 Å². The highest BCUT2D eigenvalue weighted by Crippen LogP contribution is 2.23. The Morgan fingerprint density at radius 3 is 2.18 bits per heavy atom. The van der Waals surface area contributed by atoms with Gasteiger partial charge in [-0.25, -0.2) is 4.79 Å². The molecule has 0 atom stereocenters. The number of carbonyl (C=O) groups is 2. The quantitative estimate of drug-likeness (QED) is 0.194. The molecule has 0 aliphatic carbocycles. The minimum atomic E-state index is -0.564. The van der Waals surface area contributed by atoms with Crippen molar-refractivity contribution >= 4 is 29.4 Å². The van der Waals surface area contributed by atoms with Gasteiger partial charge in [-0.1, -0.05) is 60.1 Å². The normalized spacial score (nSPS) is 10.8. The fraction of sp³-hybridized carbons (Fsp3) is 0. The minimum absolute atomic E-state index is 0.0545. The van der Waals surface area contributed by atoms with Gasteiger partial charge >= 0.3 is 5.97 Å². The second-order valence-electron chi connectivity index (χ2n) is 5.80. The summed E-state index contributed by atoms with van der Waals surface area (Å²) in [4.78, 5) is 24.9. The molecule has 136 valence electrons. The monoisotopic (exact) mass is 387 g/mol. The van der Waals surface area contributed by atoms with Gasteiger partial charge in [-0.3, -0.25) is 4.79 Å². The number of halogens is 1. The predicted octanol–water partition coefficient (Wildman–Crippen LogP) is 5.35. The van der Waals surface area contributed by atoms with Crippen LogP contribution >= 0.6 is 11.6 Å². The average molecular weight is 388 g/mol. The lowest BCUT2D eigenvalue weighted by Gasteiger charge is -2.08. The number of hydrogen-bond donors (Lipinski definition) is 0. The van der Waals surface area contributed by atoms with Gasteiger partial charge in [0.25, 0.3) is 0 Å². The highest BCUT2D eigenvalue weighted by atomic mass is 35.5. The fourth-order valence-corrected chi connectivity index (χ4v) is 2.61. The molecule has 0 radical (unpaired) electrons. The Balaban J connectivity index is 1.90. The molecule has 5 heteroatoms. The van der Waals surface area contributed by atoms with Crippen LogP contribution in [0.25, 0.3) is 6.08 Å². The average Bonchev–Trinajstić information content (AvgIpc) is 2.73. The van der Waals surface area contributed by atoms with E-state index in [4.69, 9.17) is 16.3 Å². The zero-order valence-corrected chi connectivity index (χ0v) is 15.4. The number of Topliss-reactive ketones (excluding diaryl/α,β-unsaturated/α-hetero) is 1. The fourth-order valence-electron chi connectivity index (χ4n) is 2.49. The van der Waals surface area contributed by atoms with Crippen molar-refractivity contribution in [3.8, 4) is 11.8 Å². The third kappa shape index (κ3) is 4.53. The Morgan fingerprint density at radius 2 is 1.50 bits per heavy atom. The maximum Gasteiger partial charge on any atom is 0.343 e. The number of nitrogens with zero attached hydrogens (tertiary/aromatic N) is 1. The second-order valence-corrected chi connectivity index (χ2v) is 6.24. The first-order valence-corrected chi connectivity index (χ1v) is 8.74. The summed E-state index contributed by atoms with van der Waals surface area (Å²) in [5, 5.41) is 9.95. The lowest BCUT2D eigenvalue weighted by Crippen LogP contribution is -2.09. The standard InChI is InChI=1S/C23H14ClNO3/c24-20-12-10-17(11-13-20)23(27)28-21-9-5-4-8-18(21)14-19(15-25)22(26)16-6-2-1-3-7-16/h1-14H/b19-14+. The summed E-state index contributed by atoms with van der Waals surface area (Å²) < 4.78 is 5.45. The highest BCUT2D eigenvalue weighted by Gasteiger charge is 2.15. The SMILES string of the molecule is N#C/C(=C\c1ccccc1OC(=O)c1ccc(Cl)cc1)C(=O)c1ccccc1. The van der Waals surface area contributed by atoms with Crippen LogP contribution in [0.15, 0.2) is 84.4 Å². The molecule has 0 N–H and O–H groups in total. The number of ketones is 1. The van der Waals surface area contributed by atoms with Gasteiger partial charge in [-0.05, 0) is 36.4 Å². The Labute approximate surface area is 167 Å². The van der Waals surface area contributed by atoms with Crippen molar-refractivity contribution in [2.24, 2.45) is 0 Å². The molecular weight excluding hydrogens is 374 g/mol. The molecule has 0 heterocycles. The van der Waals surface area contributed by atoms with Crippen LogP contribution in [0, 0.1) is 11.3 Å². The van der Waals surface area contributed by atoms with Crippen LogP contribution in [0.2, 0.25) is 5.02 Å². The second kappa shape index (κ2) is 8.81. The first-order chi connectivity index (χ1) is 13.6. The summed E-state index contributed by atoms with van der Waals surface area (Å²) in [7, 11) is 0. The molecule has 28 heavy (non-hydrogen) atoms. The van der Waals surface area contributed by atoms with Gasteiger partial charge < -0.3 is 4.74 Å². The Kier molecular flexibility index (Phi) is 6.01. The van der Waals surface area contributed by atoms with Crippen LogP contribution in [0.3, 0.4) is 0 Å². The maximum absolute atomic E-state index is 12.6. The minimum Gasteiger partial charge on any atom is -0.422 e. The molecule has 0 saturated heterocycles. The predicted molar refractivity (Wildman–Crippen MR) is 107 cm³/mol. The number of allylic oxidation sites excluding steroid dienone is 1. The topological polar surface area (TPSA) is 67.2 Å². The molecular formula is C23H14ClNO3. The van der Waals surface area contributed by atoms with Crippen molar-refractivity contribution in [2.75, 3.05) is 0 Å². The lowest BCUT2D eigenvalue weighted by molar-refractivity contribution is 0.0734. The maximum atomic E-state index is 12.6. The van der Waals surface area contributed by atoms with Crippen LogP contribution in [-0.2, 0) is 0 Å². The molecule has 3 aromatic rings. The zero-order valence-electron chi connectivity index (χ0n) is 14.6. The van der Waals surface area contributed by atoms with E-state index < -0.39 is 11.8 Å². The molecule has 0 spiro atoms. The summed E-state index contributed by atoms with van der Waals surface area (Å²) in [6.07, 6.45) is 1.42. The molecule has 4 nitrogen and oxygen atoms in total. The van der Waals surface area contributed by atoms with Gasteiger partial charge in [0.2, 0.25) is 5.78 Å². The van der Waals surface area contributed by atoms with E-state index in [0.717, 1.165) is 0 Å². The van der Waals surface area contributed by atoms with E-state index in [1.54, 1.807) is 78.9 Å². The van der Waals surface area contributed by atoms with Gasteiger partial charge in [-0.15, -0.1) is 0 Å². The number of carbonyl (C=O) groups excluding carboxylic acids is 2. The summed E-state index contributed by atoms with van der Waals surface area (Å²) in [6.45, 7) is 0. The number of benzene rings is 3. The van der Waals surface area contributed by atoms with E-state index in [0.29, 0.717) is 21.7 Å². The van der Waals surface area contributed by atoms with Crippen LogP contribution in [0.4, 0.5) is 0 Å². The molecule has 0 bridgehead atoms. The lowest BCUT2D eigenvalue weighted by atomic mass is 10.0. The number of hydrogen-bond acceptors (Lipinski definition) is 4. The molecule has 0 saturated carbocycles. The Bertz CT molecular complexity index is 1080. The van der Waals surface area contributed by atoms with Crippen molar-refractivity contribution in [1.82, 2.24) is 0 Å². The van der Waals surface area contributed by atoms with Gasteiger partial charge in [0, 0.05) is 16.1 Å².